The number of aromatic nitrogens is 1. The van der Waals surface area contributed by atoms with Crippen molar-refractivity contribution in [3.63, 3.8) is 0 Å². The summed E-state index contributed by atoms with van der Waals surface area (Å²) in [6.45, 7) is 4.07. The first-order valence-electron chi connectivity index (χ1n) is 6.04. The third kappa shape index (κ3) is 6.53. The molecule has 0 bridgehead atoms. The van der Waals surface area contributed by atoms with Gasteiger partial charge in [-0.05, 0) is 31.5 Å². The Morgan fingerprint density at radius 2 is 1.75 bits per heavy atom. The number of benzene rings is 1. The molecule has 1 aromatic carbocycles. The first kappa shape index (κ1) is 17.2. The predicted octanol–water partition coefficient (Wildman–Crippen LogP) is 4.95. The van der Waals surface area contributed by atoms with E-state index in [0.29, 0.717) is 0 Å². The summed E-state index contributed by atoms with van der Waals surface area (Å²) in [6.07, 6.45) is 1.84. The Morgan fingerprint density at radius 1 is 1.10 bits per heavy atom. The molecule has 1 aromatic heterocycles. The van der Waals surface area contributed by atoms with Crippen LogP contribution in [0.25, 0.3) is 0 Å². The topological polar surface area (TPSA) is 25.2 Å². The monoisotopic (exact) mass is 350 g/mol. The van der Waals surface area contributed by atoms with E-state index in [2.05, 4.69) is 29.0 Å². The summed E-state index contributed by atoms with van der Waals surface area (Å²) in [4.78, 5) is 8.91. The van der Waals surface area contributed by atoms with E-state index in [0.717, 1.165) is 11.4 Å². The average Bonchev–Trinajstić information content (AvgIpc) is 2.47. The van der Waals surface area contributed by atoms with Gasteiger partial charge in [0.15, 0.2) is 0 Å². The fourth-order valence-electron chi connectivity index (χ4n) is 1.64. The second kappa shape index (κ2) is 9.95. The summed E-state index contributed by atoms with van der Waals surface area (Å²) in [7, 11) is 9.53. The molecule has 0 amide bonds. The molecule has 0 N–H and O–H groups in total. The van der Waals surface area contributed by atoms with Gasteiger partial charge in [0.25, 0.3) is 0 Å². The van der Waals surface area contributed by atoms with E-state index in [4.69, 9.17) is 20.2 Å². The summed E-state index contributed by atoms with van der Waals surface area (Å²) < 4.78 is 0. The van der Waals surface area contributed by atoms with Crippen LogP contribution in [0.15, 0.2) is 53.5 Å². The zero-order valence-corrected chi connectivity index (χ0v) is 13.9. The number of hydrogen-bond donors (Lipinski definition) is 0. The second-order valence-electron chi connectivity index (χ2n) is 4.12. The van der Waals surface area contributed by atoms with Crippen LogP contribution >= 0.6 is 20.2 Å². The van der Waals surface area contributed by atoms with Crippen LogP contribution in [-0.2, 0) is 13.1 Å². The van der Waals surface area contributed by atoms with Gasteiger partial charge in [0.1, 0.15) is 0 Å². The number of aryl methyl sites for hydroxylation is 1. The fourth-order valence-corrected chi connectivity index (χ4v) is 1.64. The van der Waals surface area contributed by atoms with Gasteiger partial charge >= 0.3 is 33.3 Å². The SMILES string of the molecule is Cc1cccc(C=N[C@@H](C)c2ccccc2)n1.[Cl][Fe][Cl]. The van der Waals surface area contributed by atoms with E-state index in [1.807, 2.05) is 49.5 Å². The Balaban J connectivity index is 0.000000612. The van der Waals surface area contributed by atoms with Gasteiger partial charge in [0.2, 0.25) is 0 Å². The minimum atomic E-state index is 0.165. The molecule has 0 spiro atoms. The molecule has 0 unspecified atom stereocenters. The normalized spacial score (nSPS) is 12.0. The third-order valence-corrected chi connectivity index (χ3v) is 2.62. The van der Waals surface area contributed by atoms with Gasteiger partial charge in [-0.2, -0.15) is 0 Å². The van der Waals surface area contributed by atoms with E-state index in [1.165, 1.54) is 5.56 Å². The Hall–Kier alpha value is -0.861. The molecule has 0 aliphatic carbocycles. The average molecular weight is 351 g/mol. The van der Waals surface area contributed by atoms with Crippen LogP contribution in [0.5, 0.6) is 0 Å². The second-order valence-corrected chi connectivity index (χ2v) is 5.94. The predicted molar refractivity (Wildman–Crippen MR) is 83.1 cm³/mol. The summed E-state index contributed by atoms with van der Waals surface area (Å²) in [5, 5.41) is 0. The van der Waals surface area contributed by atoms with Crippen LogP contribution < -0.4 is 0 Å². The Labute approximate surface area is 134 Å². The molecule has 2 aromatic rings. The van der Waals surface area contributed by atoms with Crippen molar-refractivity contribution in [3.8, 4) is 0 Å². The van der Waals surface area contributed by atoms with E-state index in [1.54, 1.807) is 0 Å². The van der Waals surface area contributed by atoms with Crippen molar-refractivity contribution in [3.05, 3.63) is 65.5 Å². The maximum atomic E-state index is 4.76. The number of rotatable bonds is 3. The zero-order valence-electron chi connectivity index (χ0n) is 11.3. The van der Waals surface area contributed by atoms with E-state index in [-0.39, 0.29) is 19.2 Å². The number of aliphatic imine (C=N–C) groups is 1. The molecule has 0 aliphatic heterocycles. The van der Waals surface area contributed by atoms with Gasteiger partial charge in [-0.25, -0.2) is 0 Å². The molecule has 0 saturated carbocycles. The van der Waals surface area contributed by atoms with E-state index >= 15 is 0 Å². The van der Waals surface area contributed by atoms with Gasteiger partial charge in [-0.15, -0.1) is 0 Å². The van der Waals surface area contributed by atoms with Crippen LogP contribution in [-0.4, -0.2) is 11.2 Å². The Morgan fingerprint density at radius 3 is 2.35 bits per heavy atom. The van der Waals surface area contributed by atoms with Crippen LogP contribution in [0.3, 0.4) is 0 Å². The molecule has 108 valence electrons. The molecule has 0 fully saturated rings. The molecule has 0 radical (unpaired) electrons. The van der Waals surface area contributed by atoms with Gasteiger partial charge in [0.05, 0.1) is 11.7 Å². The van der Waals surface area contributed by atoms with Gasteiger partial charge in [0, 0.05) is 11.9 Å². The molecule has 1 atom stereocenters. The van der Waals surface area contributed by atoms with Crippen molar-refractivity contribution in [1.29, 1.82) is 0 Å². The summed E-state index contributed by atoms with van der Waals surface area (Å²) in [6, 6.07) is 16.4. The zero-order chi connectivity index (χ0) is 14.8. The molecule has 2 rings (SSSR count). The number of halogens is 2. The molecule has 1 heterocycles. The van der Waals surface area contributed by atoms with E-state index < -0.39 is 0 Å². The van der Waals surface area contributed by atoms with Crippen LogP contribution in [0.4, 0.5) is 0 Å². The summed E-state index contributed by atoms with van der Waals surface area (Å²) in [5.41, 5.74) is 3.14. The minimum absolute atomic E-state index is 0.165. The van der Waals surface area contributed by atoms with E-state index in [9.17, 15) is 0 Å². The summed E-state index contributed by atoms with van der Waals surface area (Å²) in [5.74, 6) is 0. The standard InChI is InChI=1S/C15H16N2.2ClH.Fe/c1-12-7-6-10-15(17-12)11-16-13(2)14-8-4-3-5-9-14;;;/h3-11,13H,1-2H3;2*1H;/q;;;+2/p-2/t13-;;;/m0.../s1. The van der Waals surface area contributed by atoms with Gasteiger partial charge in [-0.1, -0.05) is 36.4 Å². The molecule has 0 aliphatic rings. The molecular formula is C15H16Cl2FeN2. The Kier molecular flexibility index (Phi) is 8.55. The molecule has 0 saturated heterocycles. The van der Waals surface area contributed by atoms with Crippen LogP contribution in [0.2, 0.25) is 0 Å². The molecule has 20 heavy (non-hydrogen) atoms. The first-order chi connectivity index (χ1) is 9.67. The number of pyridine rings is 1. The third-order valence-electron chi connectivity index (χ3n) is 2.62. The van der Waals surface area contributed by atoms with Crippen molar-refractivity contribution >= 4 is 26.4 Å². The van der Waals surface area contributed by atoms with Crippen molar-refractivity contribution < 1.29 is 13.1 Å². The number of nitrogens with zero attached hydrogens (tertiary/aromatic N) is 2. The van der Waals surface area contributed by atoms with Crippen molar-refractivity contribution in [2.75, 3.05) is 0 Å². The van der Waals surface area contributed by atoms with Crippen LogP contribution in [0, 0.1) is 6.92 Å². The van der Waals surface area contributed by atoms with Gasteiger partial charge < -0.3 is 0 Å². The van der Waals surface area contributed by atoms with Crippen molar-refractivity contribution in [2.45, 2.75) is 19.9 Å². The molecular weight excluding hydrogens is 335 g/mol. The summed E-state index contributed by atoms with van der Waals surface area (Å²) >= 11 is 0.194. The van der Waals surface area contributed by atoms with Crippen molar-refractivity contribution in [2.24, 2.45) is 4.99 Å². The van der Waals surface area contributed by atoms with Crippen molar-refractivity contribution in [1.82, 2.24) is 4.98 Å². The fraction of sp³-hybridized carbons (Fsp3) is 0.200. The first-order valence-corrected chi connectivity index (χ1v) is 9.08. The quantitative estimate of drug-likeness (QED) is 0.568. The number of hydrogen-bond acceptors (Lipinski definition) is 2. The Bertz CT molecular complexity index is 532. The molecule has 2 nitrogen and oxygen atoms in total. The van der Waals surface area contributed by atoms with Crippen LogP contribution in [0.1, 0.15) is 29.9 Å². The molecule has 5 heteroatoms. The van der Waals surface area contributed by atoms with Gasteiger partial charge in [-0.3, -0.25) is 9.98 Å². The maximum absolute atomic E-state index is 4.76.